The predicted octanol–water partition coefficient (Wildman–Crippen LogP) is 0.644. The van der Waals surface area contributed by atoms with Gasteiger partial charge in [-0.2, -0.15) is 0 Å². The van der Waals surface area contributed by atoms with Crippen LogP contribution in [0.5, 0.6) is 0 Å². The zero-order valence-corrected chi connectivity index (χ0v) is 8.56. The van der Waals surface area contributed by atoms with Crippen LogP contribution in [0.25, 0.3) is 0 Å². The van der Waals surface area contributed by atoms with Gasteiger partial charge >= 0.3 is 6.09 Å². The zero-order chi connectivity index (χ0) is 9.68. The van der Waals surface area contributed by atoms with E-state index in [0.29, 0.717) is 18.1 Å². The molecule has 0 bridgehead atoms. The highest BCUT2D eigenvalue weighted by Gasteiger charge is 2.19. The lowest BCUT2D eigenvalue weighted by Gasteiger charge is -2.21. The Morgan fingerprint density at radius 3 is 2.69 bits per heavy atom. The molecule has 0 saturated carbocycles. The maximum Gasteiger partial charge on any atom is 0.407 e. The summed E-state index contributed by atoms with van der Waals surface area (Å²) in [4.78, 5) is 11.0. The lowest BCUT2D eigenvalue weighted by molar-refractivity contribution is 0.147. The molecule has 1 amide bonds. The molecular formula is C8H15NO3S. The van der Waals surface area contributed by atoms with Crippen LogP contribution in [0.1, 0.15) is 19.8 Å². The van der Waals surface area contributed by atoms with Crippen molar-refractivity contribution >= 4 is 16.9 Å². The number of ether oxygens (including phenoxy) is 1. The number of hydrogen-bond donors (Lipinski definition) is 1. The van der Waals surface area contributed by atoms with E-state index < -0.39 is 10.8 Å². The lowest BCUT2D eigenvalue weighted by Crippen LogP contribution is -2.39. The number of amides is 1. The molecule has 1 fully saturated rings. The van der Waals surface area contributed by atoms with E-state index in [1.807, 2.05) is 0 Å². The van der Waals surface area contributed by atoms with Gasteiger partial charge in [-0.3, -0.25) is 4.21 Å². The fraction of sp³-hybridized carbons (Fsp3) is 0.875. The molecule has 0 unspecified atom stereocenters. The van der Waals surface area contributed by atoms with Crippen molar-refractivity contribution in [3.63, 3.8) is 0 Å². The minimum absolute atomic E-state index is 0.150. The molecule has 1 heterocycles. The van der Waals surface area contributed by atoms with Crippen LogP contribution in [0.3, 0.4) is 0 Å². The molecule has 1 aliphatic heterocycles. The molecule has 4 nitrogen and oxygen atoms in total. The Morgan fingerprint density at radius 2 is 2.15 bits per heavy atom. The standard InChI is InChI=1S/C8H15NO3S/c1-2-12-8(10)9-7-3-5-13(11)6-4-7/h7H,2-6H2,1H3,(H,9,10). The summed E-state index contributed by atoms with van der Waals surface area (Å²) in [6.45, 7) is 2.17. The first-order valence-electron chi connectivity index (χ1n) is 4.50. The molecule has 0 atom stereocenters. The highest BCUT2D eigenvalue weighted by atomic mass is 32.2. The van der Waals surface area contributed by atoms with E-state index in [-0.39, 0.29) is 12.1 Å². The van der Waals surface area contributed by atoms with E-state index in [1.165, 1.54) is 0 Å². The van der Waals surface area contributed by atoms with Gasteiger partial charge in [0.05, 0.1) is 6.61 Å². The summed E-state index contributed by atoms with van der Waals surface area (Å²) in [5.41, 5.74) is 0. The highest BCUT2D eigenvalue weighted by molar-refractivity contribution is 7.85. The molecule has 0 spiro atoms. The van der Waals surface area contributed by atoms with Crippen molar-refractivity contribution in [3.05, 3.63) is 0 Å². The van der Waals surface area contributed by atoms with Gasteiger partial charge in [0.2, 0.25) is 0 Å². The summed E-state index contributed by atoms with van der Waals surface area (Å²) in [6, 6.07) is 0.150. The van der Waals surface area contributed by atoms with Crippen LogP contribution in [0.4, 0.5) is 4.79 Å². The molecule has 1 N–H and O–H groups in total. The topological polar surface area (TPSA) is 55.4 Å². The SMILES string of the molecule is CCOC(=O)NC1CCS(=O)CC1. The Hall–Kier alpha value is -0.580. The Kier molecular flexibility index (Phi) is 4.21. The lowest BCUT2D eigenvalue weighted by atomic mass is 10.2. The third-order valence-electron chi connectivity index (χ3n) is 1.99. The van der Waals surface area contributed by atoms with Gasteiger partial charge in [0.1, 0.15) is 0 Å². The van der Waals surface area contributed by atoms with Crippen molar-refractivity contribution in [1.82, 2.24) is 5.32 Å². The molecule has 76 valence electrons. The second-order valence-electron chi connectivity index (χ2n) is 2.99. The average Bonchev–Trinajstić information content (AvgIpc) is 2.09. The molecule has 0 radical (unpaired) electrons. The van der Waals surface area contributed by atoms with E-state index in [2.05, 4.69) is 5.32 Å². The quantitative estimate of drug-likeness (QED) is 0.720. The van der Waals surface area contributed by atoms with Crippen molar-refractivity contribution in [1.29, 1.82) is 0 Å². The Bertz CT molecular complexity index is 198. The second-order valence-corrected chi connectivity index (χ2v) is 4.68. The molecule has 0 aromatic rings. The Morgan fingerprint density at radius 1 is 1.54 bits per heavy atom. The monoisotopic (exact) mass is 205 g/mol. The van der Waals surface area contributed by atoms with Crippen LogP contribution >= 0.6 is 0 Å². The minimum Gasteiger partial charge on any atom is -0.450 e. The molecule has 0 aromatic carbocycles. The fourth-order valence-corrected chi connectivity index (χ4v) is 2.58. The molecule has 0 aromatic heterocycles. The van der Waals surface area contributed by atoms with Crippen LogP contribution in [-0.4, -0.2) is 34.5 Å². The number of nitrogens with one attached hydrogen (secondary N) is 1. The molecule has 1 saturated heterocycles. The normalized spacial score (nSPS) is 28.1. The number of carbonyl (C=O) groups is 1. The molecule has 13 heavy (non-hydrogen) atoms. The summed E-state index contributed by atoms with van der Waals surface area (Å²) < 4.78 is 15.7. The molecular weight excluding hydrogens is 190 g/mol. The summed E-state index contributed by atoms with van der Waals surface area (Å²) >= 11 is 0. The summed E-state index contributed by atoms with van der Waals surface area (Å²) in [7, 11) is -0.672. The maximum atomic E-state index is 11.0. The fourth-order valence-electron chi connectivity index (χ4n) is 1.28. The van der Waals surface area contributed by atoms with Gasteiger partial charge in [-0.1, -0.05) is 0 Å². The molecule has 1 aliphatic rings. The van der Waals surface area contributed by atoms with Crippen LogP contribution in [-0.2, 0) is 15.5 Å². The summed E-state index contributed by atoms with van der Waals surface area (Å²) in [6.07, 6.45) is 1.23. The number of alkyl carbamates (subject to hydrolysis) is 1. The highest BCUT2D eigenvalue weighted by Crippen LogP contribution is 2.08. The Labute approximate surface area is 80.5 Å². The molecule has 5 heteroatoms. The van der Waals surface area contributed by atoms with Gasteiger partial charge in [-0.05, 0) is 19.8 Å². The van der Waals surface area contributed by atoms with E-state index >= 15 is 0 Å². The summed E-state index contributed by atoms with van der Waals surface area (Å²) in [5.74, 6) is 1.38. The van der Waals surface area contributed by atoms with Gasteiger partial charge in [0, 0.05) is 28.3 Å². The largest absolute Gasteiger partial charge is 0.450 e. The van der Waals surface area contributed by atoms with Crippen LogP contribution < -0.4 is 5.32 Å². The van der Waals surface area contributed by atoms with Crippen molar-refractivity contribution in [2.45, 2.75) is 25.8 Å². The average molecular weight is 205 g/mol. The van der Waals surface area contributed by atoms with Gasteiger partial charge in [-0.25, -0.2) is 4.79 Å². The number of rotatable bonds is 2. The van der Waals surface area contributed by atoms with Crippen molar-refractivity contribution in [3.8, 4) is 0 Å². The van der Waals surface area contributed by atoms with E-state index in [0.717, 1.165) is 12.8 Å². The first-order chi connectivity index (χ1) is 6.22. The zero-order valence-electron chi connectivity index (χ0n) is 7.75. The minimum atomic E-state index is -0.672. The van der Waals surface area contributed by atoms with E-state index in [9.17, 15) is 9.00 Å². The van der Waals surface area contributed by atoms with Crippen LogP contribution in [0.2, 0.25) is 0 Å². The molecule has 0 aliphatic carbocycles. The summed E-state index contributed by atoms with van der Waals surface area (Å²) in [5, 5.41) is 2.74. The molecule has 1 rings (SSSR count). The predicted molar refractivity (Wildman–Crippen MR) is 51.1 cm³/mol. The van der Waals surface area contributed by atoms with Gasteiger partial charge in [0.25, 0.3) is 0 Å². The number of hydrogen-bond acceptors (Lipinski definition) is 3. The van der Waals surface area contributed by atoms with Gasteiger partial charge in [0.15, 0.2) is 0 Å². The Balaban J connectivity index is 2.22. The van der Waals surface area contributed by atoms with Crippen molar-refractivity contribution in [2.24, 2.45) is 0 Å². The van der Waals surface area contributed by atoms with Crippen LogP contribution in [0, 0.1) is 0 Å². The van der Waals surface area contributed by atoms with Gasteiger partial charge in [-0.15, -0.1) is 0 Å². The van der Waals surface area contributed by atoms with Crippen LogP contribution in [0.15, 0.2) is 0 Å². The first kappa shape index (κ1) is 10.5. The van der Waals surface area contributed by atoms with Crippen molar-refractivity contribution < 1.29 is 13.7 Å². The van der Waals surface area contributed by atoms with Crippen molar-refractivity contribution in [2.75, 3.05) is 18.1 Å². The van der Waals surface area contributed by atoms with Gasteiger partial charge < -0.3 is 10.1 Å². The third kappa shape index (κ3) is 3.76. The number of carbonyl (C=O) groups excluding carboxylic acids is 1. The van der Waals surface area contributed by atoms with E-state index in [4.69, 9.17) is 4.74 Å². The van der Waals surface area contributed by atoms with E-state index in [1.54, 1.807) is 6.92 Å². The maximum absolute atomic E-state index is 11.0. The third-order valence-corrected chi connectivity index (χ3v) is 3.37. The smallest absolute Gasteiger partial charge is 0.407 e. The first-order valence-corrected chi connectivity index (χ1v) is 5.99. The second kappa shape index (κ2) is 5.21.